The van der Waals surface area contributed by atoms with Crippen molar-refractivity contribution in [1.29, 1.82) is 0 Å². The summed E-state index contributed by atoms with van der Waals surface area (Å²) in [5.41, 5.74) is 17.8. The third kappa shape index (κ3) is 5.78. The van der Waals surface area contributed by atoms with Crippen molar-refractivity contribution in [3.05, 3.63) is 30.1 Å². The number of ether oxygens (including phenoxy) is 1. The summed E-state index contributed by atoms with van der Waals surface area (Å²) in [6.45, 7) is 8.84. The van der Waals surface area contributed by atoms with Crippen molar-refractivity contribution in [2.75, 3.05) is 69.4 Å². The quantitative estimate of drug-likeness (QED) is 0.397. The Labute approximate surface area is 243 Å². The molecule has 0 bridgehead atoms. The average Bonchev–Trinajstić information content (AvgIpc) is 3.41. The number of rotatable bonds is 7. The van der Waals surface area contributed by atoms with E-state index in [-0.39, 0.29) is 6.04 Å². The summed E-state index contributed by atoms with van der Waals surface area (Å²) in [4.78, 5) is 22.1. The summed E-state index contributed by atoms with van der Waals surface area (Å²) >= 11 is 0. The number of aromatic nitrogens is 3. The van der Waals surface area contributed by atoms with Gasteiger partial charge in [0.2, 0.25) is 0 Å². The highest BCUT2D eigenvalue weighted by Crippen LogP contribution is 2.38. The number of benzene rings is 1. The maximum atomic E-state index is 6.32. The minimum atomic E-state index is 0.241. The predicted molar refractivity (Wildman–Crippen MR) is 167 cm³/mol. The van der Waals surface area contributed by atoms with Crippen LogP contribution in [0.15, 0.2) is 24.4 Å². The molecule has 0 radical (unpaired) electrons. The van der Waals surface area contributed by atoms with Gasteiger partial charge in [0.05, 0.1) is 18.5 Å². The van der Waals surface area contributed by atoms with Crippen LogP contribution in [0.5, 0.6) is 5.75 Å². The number of anilines is 3. The van der Waals surface area contributed by atoms with Gasteiger partial charge in [0.25, 0.3) is 0 Å². The molecule has 2 aromatic heterocycles. The first-order valence-electron chi connectivity index (χ1n) is 15.3. The highest BCUT2D eigenvalue weighted by Gasteiger charge is 2.28. The molecule has 5 N–H and O–H groups in total. The van der Waals surface area contributed by atoms with Crippen molar-refractivity contribution in [3.8, 4) is 16.9 Å². The van der Waals surface area contributed by atoms with Gasteiger partial charge in [-0.1, -0.05) is 13.0 Å². The SMILES string of the molecule is CCc1nc2c(N)ncc(-c3ccc(N4CCC(N5CCN(C)CC5)CC4)c(OC)c3)c2nc1NC1CCC(N)C1. The third-order valence-electron chi connectivity index (χ3n) is 9.30. The lowest BCUT2D eigenvalue weighted by Crippen LogP contribution is -2.52. The minimum Gasteiger partial charge on any atom is -0.495 e. The summed E-state index contributed by atoms with van der Waals surface area (Å²) in [5, 5.41) is 3.63. The molecule has 1 saturated carbocycles. The molecule has 0 amide bonds. The van der Waals surface area contributed by atoms with Gasteiger partial charge in [-0.3, -0.25) is 4.90 Å². The lowest BCUT2D eigenvalue weighted by atomic mass is 10.00. The van der Waals surface area contributed by atoms with Gasteiger partial charge < -0.3 is 31.3 Å². The van der Waals surface area contributed by atoms with Crippen LogP contribution < -0.4 is 26.4 Å². The normalized spacial score (nSPS) is 22.9. The van der Waals surface area contributed by atoms with Crippen LogP contribution in [0.4, 0.5) is 17.3 Å². The van der Waals surface area contributed by atoms with E-state index in [1.165, 1.54) is 39.0 Å². The Kier molecular flexibility index (Phi) is 8.14. The summed E-state index contributed by atoms with van der Waals surface area (Å²) in [6.07, 6.45) is 7.93. The molecule has 0 spiro atoms. The molecule has 3 aromatic rings. The fourth-order valence-corrected chi connectivity index (χ4v) is 6.77. The second-order valence-electron chi connectivity index (χ2n) is 12.0. The molecule has 2 atom stereocenters. The highest BCUT2D eigenvalue weighted by molar-refractivity contribution is 5.97. The monoisotopic (exact) mass is 559 g/mol. The molecule has 2 unspecified atom stereocenters. The smallest absolute Gasteiger partial charge is 0.151 e. The molecular weight excluding hydrogens is 514 g/mol. The van der Waals surface area contributed by atoms with Crippen LogP contribution in [0.3, 0.4) is 0 Å². The molecule has 41 heavy (non-hydrogen) atoms. The first-order valence-corrected chi connectivity index (χ1v) is 15.3. The zero-order valence-electron chi connectivity index (χ0n) is 24.8. The standard InChI is InChI=1S/C31H45N9O/c1-4-25-31(35-22-7-6-21(32)18-22)37-28-24(19-34-30(33)29(28)36-25)20-5-8-26(27(17-20)41-3)40-11-9-23(10-12-40)39-15-13-38(2)14-16-39/h5,8,17,19,21-23H,4,6-7,9-16,18,32H2,1-3H3,(H2,33,34)(H,35,37). The van der Waals surface area contributed by atoms with Gasteiger partial charge >= 0.3 is 0 Å². The van der Waals surface area contributed by atoms with E-state index in [4.69, 9.17) is 26.2 Å². The van der Waals surface area contributed by atoms with Crippen molar-refractivity contribution < 1.29 is 4.74 Å². The molecule has 1 aliphatic carbocycles. The molecule has 6 rings (SSSR count). The summed E-state index contributed by atoms with van der Waals surface area (Å²) in [7, 11) is 3.97. The fourth-order valence-electron chi connectivity index (χ4n) is 6.77. The van der Waals surface area contributed by atoms with Gasteiger partial charge in [0, 0.05) is 69.2 Å². The summed E-state index contributed by atoms with van der Waals surface area (Å²) in [5.74, 6) is 2.08. The number of piperazine rings is 1. The van der Waals surface area contributed by atoms with Crippen LogP contribution >= 0.6 is 0 Å². The van der Waals surface area contributed by atoms with E-state index in [0.717, 1.165) is 78.4 Å². The Hall–Kier alpha value is -3.21. The number of likely N-dealkylation sites (N-methyl/N-ethyl adjacent to an activating group) is 1. The molecule has 220 valence electrons. The van der Waals surface area contributed by atoms with Crippen molar-refractivity contribution in [2.45, 2.75) is 63.6 Å². The van der Waals surface area contributed by atoms with Crippen molar-refractivity contribution in [2.24, 2.45) is 5.73 Å². The summed E-state index contributed by atoms with van der Waals surface area (Å²) in [6, 6.07) is 7.66. The van der Waals surface area contributed by atoms with Gasteiger partial charge in [-0.05, 0) is 63.3 Å². The van der Waals surface area contributed by atoms with E-state index < -0.39 is 0 Å². The number of piperidine rings is 1. The molecule has 1 aromatic carbocycles. The molecule has 10 nitrogen and oxygen atoms in total. The largest absolute Gasteiger partial charge is 0.495 e. The van der Waals surface area contributed by atoms with E-state index in [9.17, 15) is 0 Å². The number of nitrogens with two attached hydrogens (primary N) is 2. The third-order valence-corrected chi connectivity index (χ3v) is 9.30. The molecular formula is C31H45N9O. The van der Waals surface area contributed by atoms with Crippen LogP contribution in [0.2, 0.25) is 0 Å². The van der Waals surface area contributed by atoms with Gasteiger partial charge in [-0.2, -0.15) is 0 Å². The number of nitrogens with one attached hydrogen (secondary N) is 1. The number of aryl methyl sites for hydroxylation is 1. The molecule has 3 fully saturated rings. The highest BCUT2D eigenvalue weighted by atomic mass is 16.5. The zero-order chi connectivity index (χ0) is 28.5. The number of nitrogens with zero attached hydrogens (tertiary/aromatic N) is 6. The van der Waals surface area contributed by atoms with E-state index >= 15 is 0 Å². The van der Waals surface area contributed by atoms with E-state index in [0.29, 0.717) is 23.4 Å². The van der Waals surface area contributed by atoms with Crippen LogP contribution in [-0.4, -0.2) is 96.3 Å². The second-order valence-corrected chi connectivity index (χ2v) is 12.0. The van der Waals surface area contributed by atoms with Crippen LogP contribution in [0.25, 0.3) is 22.2 Å². The van der Waals surface area contributed by atoms with Crippen LogP contribution in [0, 0.1) is 0 Å². The first kappa shape index (κ1) is 27.9. The maximum Gasteiger partial charge on any atom is 0.151 e. The first-order chi connectivity index (χ1) is 19.9. The molecule has 2 saturated heterocycles. The van der Waals surface area contributed by atoms with Crippen LogP contribution in [-0.2, 0) is 6.42 Å². The van der Waals surface area contributed by atoms with Crippen molar-refractivity contribution in [3.63, 3.8) is 0 Å². The Balaban J connectivity index is 1.26. The lowest BCUT2D eigenvalue weighted by molar-refractivity contribution is 0.0981. The Morgan fingerprint density at radius 1 is 1.00 bits per heavy atom. The number of pyridine rings is 1. The number of methoxy groups -OCH3 is 1. The number of fused-ring (bicyclic) bond motifs is 1. The minimum absolute atomic E-state index is 0.241. The molecule has 2 aliphatic heterocycles. The van der Waals surface area contributed by atoms with Crippen molar-refractivity contribution in [1.82, 2.24) is 24.8 Å². The topological polar surface area (TPSA) is 122 Å². The Bertz CT molecular complexity index is 1370. The lowest BCUT2D eigenvalue weighted by Gasteiger charge is -2.42. The van der Waals surface area contributed by atoms with E-state index in [1.807, 2.05) is 6.20 Å². The fraction of sp³-hybridized carbons (Fsp3) is 0.581. The van der Waals surface area contributed by atoms with Gasteiger partial charge in [0.1, 0.15) is 22.6 Å². The zero-order valence-corrected chi connectivity index (χ0v) is 24.8. The average molecular weight is 560 g/mol. The van der Waals surface area contributed by atoms with Gasteiger partial charge in [0.15, 0.2) is 5.82 Å². The second kappa shape index (κ2) is 12.0. The predicted octanol–water partition coefficient (Wildman–Crippen LogP) is 3.35. The molecule has 10 heteroatoms. The number of hydrogen-bond donors (Lipinski definition) is 3. The van der Waals surface area contributed by atoms with E-state index in [2.05, 4.69) is 57.2 Å². The van der Waals surface area contributed by atoms with Gasteiger partial charge in [-0.15, -0.1) is 0 Å². The number of nitrogen functional groups attached to an aromatic ring is 1. The number of hydrogen-bond acceptors (Lipinski definition) is 10. The Morgan fingerprint density at radius 3 is 2.46 bits per heavy atom. The van der Waals surface area contributed by atoms with E-state index in [1.54, 1.807) is 7.11 Å². The molecule has 4 heterocycles. The van der Waals surface area contributed by atoms with Gasteiger partial charge in [-0.25, -0.2) is 15.0 Å². The maximum absolute atomic E-state index is 6.32. The summed E-state index contributed by atoms with van der Waals surface area (Å²) < 4.78 is 5.95. The molecule has 3 aliphatic rings. The van der Waals surface area contributed by atoms with Crippen LogP contribution in [0.1, 0.15) is 44.7 Å². The van der Waals surface area contributed by atoms with Crippen molar-refractivity contribution >= 4 is 28.4 Å². The Morgan fingerprint density at radius 2 is 1.78 bits per heavy atom.